The van der Waals surface area contributed by atoms with E-state index >= 15 is 0 Å². The lowest BCUT2D eigenvalue weighted by molar-refractivity contribution is -0.154. The molecule has 0 aromatic heterocycles. The summed E-state index contributed by atoms with van der Waals surface area (Å²) in [5.74, 6) is -2.86. The fourth-order valence-electron chi connectivity index (χ4n) is 2.03. The van der Waals surface area contributed by atoms with Gasteiger partial charge >= 0.3 is 18.0 Å². The first kappa shape index (κ1) is 19.5. The Kier molecular flexibility index (Phi) is 6.34. The molecule has 0 bridgehead atoms. The number of anilines is 1. The smallest absolute Gasteiger partial charge is 0.412 e. The highest BCUT2D eigenvalue weighted by Gasteiger charge is 2.33. The van der Waals surface area contributed by atoms with Crippen molar-refractivity contribution in [2.75, 3.05) is 19.5 Å². The van der Waals surface area contributed by atoms with E-state index in [-0.39, 0.29) is 11.3 Å². The van der Waals surface area contributed by atoms with Gasteiger partial charge in [0, 0.05) is 11.3 Å². The lowest BCUT2D eigenvalue weighted by atomic mass is 9.96. The largest absolute Gasteiger partial charge is 0.468 e. The van der Waals surface area contributed by atoms with Crippen molar-refractivity contribution in [3.63, 3.8) is 0 Å². The van der Waals surface area contributed by atoms with Crippen molar-refractivity contribution in [1.82, 2.24) is 0 Å². The number of rotatable bonds is 4. The van der Waals surface area contributed by atoms with Crippen molar-refractivity contribution in [2.45, 2.75) is 39.2 Å². The summed E-state index contributed by atoms with van der Waals surface area (Å²) in [7, 11) is 2.35. The van der Waals surface area contributed by atoms with Crippen LogP contribution in [0.25, 0.3) is 0 Å². The van der Waals surface area contributed by atoms with Crippen LogP contribution in [0.15, 0.2) is 18.2 Å². The molecule has 0 fully saturated rings. The number of hydrogen-bond donors (Lipinski definition) is 1. The van der Waals surface area contributed by atoms with E-state index in [9.17, 15) is 14.4 Å². The molecule has 7 nitrogen and oxygen atoms in total. The molecular weight excluding hydrogens is 314 g/mol. The van der Waals surface area contributed by atoms with E-state index < -0.39 is 29.6 Å². The number of esters is 2. The third kappa shape index (κ3) is 5.26. The Morgan fingerprint density at radius 3 is 2.04 bits per heavy atom. The van der Waals surface area contributed by atoms with Crippen LogP contribution >= 0.6 is 0 Å². The standard InChI is InChI=1S/C17H23NO6/c1-10-7-8-11(13(14(19)22-5)15(20)23-6)12(9-10)18-16(21)24-17(2,3)4/h7-9,13H,1-6H3,(H,18,21). The van der Waals surface area contributed by atoms with E-state index in [1.54, 1.807) is 39.0 Å². The van der Waals surface area contributed by atoms with Gasteiger partial charge in [0.1, 0.15) is 5.60 Å². The van der Waals surface area contributed by atoms with Gasteiger partial charge in [0.05, 0.1) is 14.2 Å². The van der Waals surface area contributed by atoms with E-state index in [0.717, 1.165) is 5.56 Å². The molecule has 0 unspecified atom stereocenters. The Hall–Kier alpha value is -2.57. The monoisotopic (exact) mass is 337 g/mol. The molecule has 0 saturated carbocycles. The molecule has 7 heteroatoms. The summed E-state index contributed by atoms with van der Waals surface area (Å²) in [6, 6.07) is 4.92. The highest BCUT2D eigenvalue weighted by Crippen LogP contribution is 2.28. The van der Waals surface area contributed by atoms with Crippen molar-refractivity contribution in [3.05, 3.63) is 29.3 Å². The summed E-state index contributed by atoms with van der Waals surface area (Å²) in [6.45, 7) is 7.01. The number of ether oxygens (including phenoxy) is 3. The van der Waals surface area contributed by atoms with Gasteiger partial charge in [-0.05, 0) is 39.3 Å². The summed E-state index contributed by atoms with van der Waals surface area (Å²) in [4.78, 5) is 36.0. The first-order valence-electron chi connectivity index (χ1n) is 7.35. The molecule has 0 aliphatic rings. The third-order valence-electron chi connectivity index (χ3n) is 3.03. The van der Waals surface area contributed by atoms with E-state index in [1.807, 2.05) is 6.92 Å². The van der Waals surface area contributed by atoms with Gasteiger partial charge in [-0.25, -0.2) is 4.79 Å². The maximum atomic E-state index is 12.0. The third-order valence-corrected chi connectivity index (χ3v) is 3.03. The van der Waals surface area contributed by atoms with Gasteiger partial charge in [0.25, 0.3) is 0 Å². The lowest BCUT2D eigenvalue weighted by Crippen LogP contribution is -2.29. The normalized spacial score (nSPS) is 11.0. The zero-order chi connectivity index (χ0) is 18.5. The number of aryl methyl sites for hydroxylation is 1. The SMILES string of the molecule is COC(=O)C(C(=O)OC)c1ccc(C)cc1NC(=O)OC(C)(C)C. The van der Waals surface area contributed by atoms with Crippen molar-refractivity contribution in [1.29, 1.82) is 0 Å². The lowest BCUT2D eigenvalue weighted by Gasteiger charge is -2.22. The van der Waals surface area contributed by atoms with Crippen LogP contribution in [0.1, 0.15) is 37.8 Å². The zero-order valence-electron chi connectivity index (χ0n) is 14.8. The Labute approximate surface area is 141 Å². The summed E-state index contributed by atoms with van der Waals surface area (Å²) >= 11 is 0. The van der Waals surface area contributed by atoms with Gasteiger partial charge in [-0.15, -0.1) is 0 Å². The molecule has 1 aromatic carbocycles. The molecule has 0 radical (unpaired) electrons. The number of carbonyl (C=O) groups is 3. The van der Waals surface area contributed by atoms with Crippen molar-refractivity contribution >= 4 is 23.7 Å². The van der Waals surface area contributed by atoms with Crippen LogP contribution in [0.5, 0.6) is 0 Å². The fourth-order valence-corrected chi connectivity index (χ4v) is 2.03. The van der Waals surface area contributed by atoms with Crippen LogP contribution in [0.4, 0.5) is 10.5 Å². The highest BCUT2D eigenvalue weighted by atomic mass is 16.6. The van der Waals surface area contributed by atoms with E-state index in [2.05, 4.69) is 14.8 Å². The predicted octanol–water partition coefficient (Wildman–Crippen LogP) is 2.77. The summed E-state index contributed by atoms with van der Waals surface area (Å²) in [5, 5.41) is 2.57. The van der Waals surface area contributed by atoms with Crippen LogP contribution in [0.2, 0.25) is 0 Å². The Balaban J connectivity index is 3.25. The number of benzene rings is 1. The van der Waals surface area contributed by atoms with Crippen LogP contribution in [-0.4, -0.2) is 37.9 Å². The van der Waals surface area contributed by atoms with Crippen LogP contribution in [-0.2, 0) is 23.8 Å². The minimum Gasteiger partial charge on any atom is -0.468 e. The molecule has 0 aliphatic carbocycles. The van der Waals surface area contributed by atoms with Gasteiger partial charge in [0.2, 0.25) is 0 Å². The molecule has 0 aliphatic heterocycles. The number of hydrogen-bond acceptors (Lipinski definition) is 6. The molecule has 1 aromatic rings. The topological polar surface area (TPSA) is 90.9 Å². The molecule has 132 valence electrons. The van der Waals surface area contributed by atoms with Gasteiger partial charge < -0.3 is 14.2 Å². The van der Waals surface area contributed by atoms with Crippen molar-refractivity contribution < 1.29 is 28.6 Å². The van der Waals surface area contributed by atoms with Crippen LogP contribution in [0, 0.1) is 6.92 Å². The molecular formula is C17H23NO6. The second kappa shape index (κ2) is 7.81. The molecule has 0 heterocycles. The first-order chi connectivity index (χ1) is 11.1. The molecule has 24 heavy (non-hydrogen) atoms. The van der Waals surface area contributed by atoms with E-state index in [1.165, 1.54) is 14.2 Å². The van der Waals surface area contributed by atoms with Gasteiger partial charge in [-0.3, -0.25) is 14.9 Å². The quantitative estimate of drug-likeness (QED) is 0.516. The summed E-state index contributed by atoms with van der Waals surface area (Å²) in [5.41, 5.74) is 0.701. The zero-order valence-corrected chi connectivity index (χ0v) is 14.8. The number of carbonyl (C=O) groups excluding carboxylic acids is 3. The number of nitrogens with one attached hydrogen (secondary N) is 1. The Bertz CT molecular complexity index is 616. The Morgan fingerprint density at radius 1 is 1.04 bits per heavy atom. The van der Waals surface area contributed by atoms with Crippen molar-refractivity contribution in [3.8, 4) is 0 Å². The van der Waals surface area contributed by atoms with Crippen LogP contribution < -0.4 is 5.32 Å². The Morgan fingerprint density at radius 2 is 1.58 bits per heavy atom. The fraction of sp³-hybridized carbons (Fsp3) is 0.471. The first-order valence-corrected chi connectivity index (χ1v) is 7.35. The van der Waals surface area contributed by atoms with E-state index in [4.69, 9.17) is 4.74 Å². The van der Waals surface area contributed by atoms with Gasteiger partial charge in [-0.2, -0.15) is 0 Å². The average molecular weight is 337 g/mol. The molecule has 0 saturated heterocycles. The number of methoxy groups -OCH3 is 2. The summed E-state index contributed by atoms with van der Waals surface area (Å²) in [6.07, 6.45) is -0.692. The maximum absolute atomic E-state index is 12.0. The van der Waals surface area contributed by atoms with Crippen LogP contribution in [0.3, 0.4) is 0 Å². The molecule has 1 amide bonds. The molecule has 1 rings (SSSR count). The van der Waals surface area contributed by atoms with E-state index in [0.29, 0.717) is 0 Å². The average Bonchev–Trinajstić information content (AvgIpc) is 2.47. The van der Waals surface area contributed by atoms with Crippen molar-refractivity contribution in [2.24, 2.45) is 0 Å². The highest BCUT2D eigenvalue weighted by molar-refractivity contribution is 6.03. The van der Waals surface area contributed by atoms with Gasteiger partial charge in [-0.1, -0.05) is 12.1 Å². The van der Waals surface area contributed by atoms with Gasteiger partial charge in [0.15, 0.2) is 5.92 Å². The molecule has 0 spiro atoms. The second-order valence-electron chi connectivity index (χ2n) is 6.20. The molecule has 0 atom stereocenters. The molecule has 1 N–H and O–H groups in total. The number of amides is 1. The second-order valence-corrected chi connectivity index (χ2v) is 6.20. The minimum atomic E-state index is -1.30. The summed E-state index contributed by atoms with van der Waals surface area (Å²) < 4.78 is 14.6. The predicted molar refractivity (Wildman–Crippen MR) is 87.8 cm³/mol. The maximum Gasteiger partial charge on any atom is 0.412 e. The minimum absolute atomic E-state index is 0.269.